The summed E-state index contributed by atoms with van der Waals surface area (Å²) < 4.78 is 47.6. The molecule has 0 aromatic heterocycles. The van der Waals surface area contributed by atoms with E-state index in [4.69, 9.17) is 4.74 Å². The minimum Gasteiger partial charge on any atom is -0.491 e. The van der Waals surface area contributed by atoms with E-state index in [1.807, 2.05) is 57.2 Å². The molecule has 4 N–H and O–H groups in total. The molecule has 1 aliphatic carbocycles. The molecule has 0 saturated carbocycles. The summed E-state index contributed by atoms with van der Waals surface area (Å²) in [7, 11) is 0.0818. The van der Waals surface area contributed by atoms with Crippen LogP contribution < -0.4 is 30.3 Å². The number of allylic oxidation sites excluding steroid dienone is 2. The average Bonchev–Trinajstić information content (AvgIpc) is 3.19. The fraction of sp³-hybridized carbons (Fsp3) is 0.395. The van der Waals surface area contributed by atoms with Crippen molar-refractivity contribution in [3.8, 4) is 5.75 Å². The lowest BCUT2D eigenvalue weighted by Gasteiger charge is -2.25. The highest BCUT2D eigenvalue weighted by Gasteiger charge is 2.27. The van der Waals surface area contributed by atoms with Gasteiger partial charge in [-0.2, -0.15) is 0 Å². The minimum absolute atomic E-state index is 0.0835. The highest BCUT2D eigenvalue weighted by Crippen LogP contribution is 2.23. The van der Waals surface area contributed by atoms with Gasteiger partial charge in [0.1, 0.15) is 41.0 Å². The van der Waals surface area contributed by atoms with Gasteiger partial charge in [-0.3, -0.25) is 23.5 Å². The Labute approximate surface area is 336 Å². The Hall–Kier alpha value is -5.37. The molecule has 11 nitrogen and oxygen atoms in total. The van der Waals surface area contributed by atoms with Gasteiger partial charge in [0.05, 0.1) is 17.8 Å². The number of anilines is 1. The first kappa shape index (κ1) is 44.3. The van der Waals surface area contributed by atoms with Crippen LogP contribution in [0.4, 0.5) is 14.5 Å². The summed E-state index contributed by atoms with van der Waals surface area (Å²) in [4.78, 5) is 54.0. The molecular formula is C43H53F2N5O6S. The number of nitrogens with zero attached hydrogens (tertiary/aromatic N) is 1. The molecule has 3 aromatic carbocycles. The van der Waals surface area contributed by atoms with E-state index in [2.05, 4.69) is 33.4 Å². The Morgan fingerprint density at radius 1 is 0.825 bits per heavy atom. The Bertz CT molecular complexity index is 1950. The highest BCUT2D eigenvalue weighted by molar-refractivity contribution is 7.85. The first-order valence-corrected chi connectivity index (χ1v) is 20.5. The van der Waals surface area contributed by atoms with Gasteiger partial charge in [0.2, 0.25) is 11.8 Å². The van der Waals surface area contributed by atoms with Crippen LogP contribution in [0, 0.1) is 23.5 Å². The molecule has 0 heterocycles. The number of benzene rings is 3. The maximum atomic E-state index is 14.0. The minimum atomic E-state index is -1.49. The number of carbonyl (C=O) groups is 4. The second-order valence-electron chi connectivity index (χ2n) is 14.6. The van der Waals surface area contributed by atoms with Gasteiger partial charge in [-0.05, 0) is 67.9 Å². The van der Waals surface area contributed by atoms with Crippen LogP contribution >= 0.6 is 0 Å². The molecule has 0 saturated heterocycles. The number of hydrogen-bond donors (Lipinski definition) is 4. The van der Waals surface area contributed by atoms with Crippen LogP contribution in [0.15, 0.2) is 90.5 Å². The third-order valence-corrected chi connectivity index (χ3v) is 10.6. The Balaban J connectivity index is 1.51. The van der Waals surface area contributed by atoms with Gasteiger partial charge in [-0.15, -0.1) is 0 Å². The molecule has 57 heavy (non-hydrogen) atoms. The first-order chi connectivity index (χ1) is 27.1. The fourth-order valence-corrected chi connectivity index (χ4v) is 6.50. The van der Waals surface area contributed by atoms with Crippen LogP contribution in [-0.4, -0.2) is 66.4 Å². The van der Waals surface area contributed by atoms with Gasteiger partial charge >= 0.3 is 0 Å². The molecule has 14 heteroatoms. The van der Waals surface area contributed by atoms with Crippen molar-refractivity contribution < 1.29 is 36.9 Å². The summed E-state index contributed by atoms with van der Waals surface area (Å²) in [6, 6.07) is 14.7. The number of nitrogens with one attached hydrogen (secondary N) is 4. The lowest BCUT2D eigenvalue weighted by Crippen LogP contribution is -2.51. The topological polar surface area (TPSA) is 146 Å². The molecule has 0 fully saturated rings. The van der Waals surface area contributed by atoms with Gasteiger partial charge in [-0.25, -0.2) is 13.0 Å². The van der Waals surface area contributed by atoms with Gasteiger partial charge in [0.25, 0.3) is 11.8 Å². The van der Waals surface area contributed by atoms with Crippen LogP contribution in [0.1, 0.15) is 85.7 Å². The number of carbonyl (C=O) groups excluding carboxylic acids is 4. The van der Waals surface area contributed by atoms with E-state index in [1.54, 1.807) is 20.0 Å². The third-order valence-electron chi connectivity index (χ3n) is 9.64. The van der Waals surface area contributed by atoms with Gasteiger partial charge in [0, 0.05) is 55.1 Å². The number of halogens is 2. The smallest absolute Gasteiger partial charge is 0.251 e. The van der Waals surface area contributed by atoms with Crippen LogP contribution in [0.5, 0.6) is 5.75 Å². The van der Waals surface area contributed by atoms with Crippen molar-refractivity contribution >= 4 is 40.3 Å². The largest absolute Gasteiger partial charge is 0.491 e. The normalized spacial score (nSPS) is 15.0. The summed E-state index contributed by atoms with van der Waals surface area (Å²) in [6.45, 7) is 7.36. The summed E-state index contributed by atoms with van der Waals surface area (Å²) in [5.41, 5.74) is 2.47. The van der Waals surface area contributed by atoms with Gasteiger partial charge < -0.3 is 26.0 Å². The Morgan fingerprint density at radius 2 is 1.47 bits per heavy atom. The monoisotopic (exact) mass is 805 g/mol. The van der Waals surface area contributed by atoms with Crippen LogP contribution in [0.3, 0.4) is 0 Å². The van der Waals surface area contributed by atoms with Crippen LogP contribution in [0.25, 0.3) is 0 Å². The SMILES string of the molecule is CC(C)C(NC(=O)[C@H](C)CC[C@H](COc1cc(F)cc(F)c1)NC(=O)c1cc(C(=O)N[C@H](C)c2ccccc2)cc(N(C)S(C)=O)c1)C(=O)NCC1=CCCC=C1. The second kappa shape index (κ2) is 21.2. The average molecular weight is 806 g/mol. The van der Waals surface area contributed by atoms with Gasteiger partial charge in [0.15, 0.2) is 0 Å². The predicted octanol–water partition coefficient (Wildman–Crippen LogP) is 6.31. The van der Waals surface area contributed by atoms with Crippen molar-refractivity contribution in [1.29, 1.82) is 0 Å². The van der Waals surface area contributed by atoms with E-state index in [9.17, 15) is 32.2 Å². The lowest BCUT2D eigenvalue weighted by molar-refractivity contribution is -0.131. The first-order valence-electron chi connectivity index (χ1n) is 19.0. The Morgan fingerprint density at radius 3 is 2.07 bits per heavy atom. The van der Waals surface area contributed by atoms with E-state index in [-0.39, 0.29) is 60.1 Å². The zero-order valence-electron chi connectivity index (χ0n) is 33.3. The number of amides is 4. The van der Waals surface area contributed by atoms with E-state index in [0.717, 1.165) is 36.1 Å². The van der Waals surface area contributed by atoms with E-state index < -0.39 is 52.4 Å². The molecule has 4 amide bonds. The van der Waals surface area contributed by atoms with Crippen molar-refractivity contribution in [2.75, 3.05) is 30.8 Å². The van der Waals surface area contributed by atoms with Crippen LogP contribution in [0.2, 0.25) is 0 Å². The lowest BCUT2D eigenvalue weighted by atomic mass is 9.98. The molecule has 306 valence electrons. The molecule has 3 aromatic rings. The molecular weight excluding hydrogens is 753 g/mol. The van der Waals surface area contributed by atoms with Gasteiger partial charge in [-0.1, -0.05) is 69.3 Å². The van der Waals surface area contributed by atoms with Crippen molar-refractivity contribution in [3.63, 3.8) is 0 Å². The number of ether oxygens (including phenoxy) is 1. The predicted molar refractivity (Wildman–Crippen MR) is 219 cm³/mol. The summed E-state index contributed by atoms with van der Waals surface area (Å²) >= 11 is 0. The molecule has 0 radical (unpaired) electrons. The van der Waals surface area contributed by atoms with E-state index in [0.29, 0.717) is 18.3 Å². The Kier molecular flexibility index (Phi) is 16.5. The standard InChI is InChI=1S/C43H53F2N5O6S/c1-27(2)39(43(54)46-25-30-13-9-7-10-14-30)49-40(51)28(3)17-18-36(26-56-38-23-34(44)22-35(45)24-38)48-42(53)33-19-32(20-37(21-33)50(5)57(6)55)41(52)47-29(4)31-15-11-8-12-16-31/h8-9,11-16,19-24,27-29,36,39H,7,10,17-18,25-26H2,1-6H3,(H,46,54)(H,47,52)(H,48,53)(H,49,51)/t28-,29-,36-,39?,57?/m1/s1. The van der Waals surface area contributed by atoms with Crippen molar-refractivity contribution in [2.45, 2.75) is 71.5 Å². The third kappa shape index (κ3) is 13.7. The molecule has 0 bridgehead atoms. The van der Waals surface area contributed by atoms with Crippen LogP contribution in [-0.2, 0) is 20.6 Å². The maximum Gasteiger partial charge on any atom is 0.251 e. The van der Waals surface area contributed by atoms with E-state index >= 15 is 0 Å². The zero-order chi connectivity index (χ0) is 41.6. The summed E-state index contributed by atoms with van der Waals surface area (Å²) in [5, 5.41) is 11.6. The highest BCUT2D eigenvalue weighted by atomic mass is 32.2. The van der Waals surface area contributed by atoms with Crippen molar-refractivity contribution in [3.05, 3.63) is 119 Å². The molecule has 4 rings (SSSR count). The van der Waals surface area contributed by atoms with Crippen molar-refractivity contribution in [2.24, 2.45) is 11.8 Å². The molecule has 0 spiro atoms. The molecule has 2 unspecified atom stereocenters. The molecule has 1 aliphatic rings. The fourth-order valence-electron chi connectivity index (χ4n) is 6.09. The maximum absolute atomic E-state index is 14.0. The quantitative estimate of drug-likeness (QED) is 0.112. The summed E-state index contributed by atoms with van der Waals surface area (Å²) in [6.07, 6.45) is 9.87. The van der Waals surface area contributed by atoms with E-state index in [1.165, 1.54) is 22.7 Å². The number of rotatable bonds is 19. The molecule has 5 atom stereocenters. The second-order valence-corrected chi connectivity index (χ2v) is 16.0. The summed E-state index contributed by atoms with van der Waals surface area (Å²) in [5.74, 6) is -4.29. The molecule has 0 aliphatic heterocycles. The zero-order valence-corrected chi connectivity index (χ0v) is 34.1. The number of hydrogen-bond acceptors (Lipinski definition) is 6. The van der Waals surface area contributed by atoms with Crippen molar-refractivity contribution in [1.82, 2.24) is 21.3 Å².